The molecule has 1 unspecified atom stereocenters. The number of ether oxygens (including phenoxy) is 1. The number of amides is 1. The molecule has 2 rings (SSSR count). The van der Waals surface area contributed by atoms with E-state index in [-0.39, 0.29) is 13.0 Å². The zero-order chi connectivity index (χ0) is 18.6. The minimum absolute atomic E-state index is 0.0326. The van der Waals surface area contributed by atoms with Gasteiger partial charge in [-0.25, -0.2) is 13.1 Å². The summed E-state index contributed by atoms with van der Waals surface area (Å²) in [6.45, 7) is -0.0326. The number of rotatable bonds is 7. The normalized spacial score (nSPS) is 18.2. The number of para-hydroxylation sites is 1. The fourth-order valence-corrected chi connectivity index (χ4v) is 3.00. The molecule has 138 valence electrons. The molecule has 2 atom stereocenters. The second-order valence-corrected chi connectivity index (χ2v) is 7.56. The van der Waals surface area contributed by atoms with E-state index < -0.39 is 35.3 Å². The smallest absolute Gasteiger partial charge is 0.534 e. The number of hydrogen-bond donors (Lipinski definition) is 4. The van der Waals surface area contributed by atoms with Gasteiger partial charge in [0.15, 0.2) is 6.29 Å². The maximum absolute atomic E-state index is 11.9. The lowest BCUT2D eigenvalue weighted by molar-refractivity contribution is -0.121. The summed E-state index contributed by atoms with van der Waals surface area (Å²) in [6, 6.07) is 5.10. The molecule has 0 aromatic heterocycles. The summed E-state index contributed by atoms with van der Waals surface area (Å²) in [6.07, 6.45) is 0.0554. The first-order valence-corrected chi connectivity index (χ1v) is 9.52. The van der Waals surface area contributed by atoms with Crippen molar-refractivity contribution in [2.24, 2.45) is 0 Å². The Bertz CT molecular complexity index is 728. The van der Waals surface area contributed by atoms with Crippen molar-refractivity contribution in [2.45, 2.75) is 25.1 Å². The van der Waals surface area contributed by atoms with Gasteiger partial charge in [0.05, 0.1) is 12.2 Å². The van der Waals surface area contributed by atoms with Crippen molar-refractivity contribution in [2.75, 3.05) is 19.9 Å². The first kappa shape index (κ1) is 19.7. The zero-order valence-electron chi connectivity index (χ0n) is 13.9. The molecule has 0 saturated carbocycles. The quantitative estimate of drug-likeness (QED) is 0.345. The Kier molecular flexibility index (Phi) is 6.41. The Labute approximate surface area is 146 Å². The van der Waals surface area contributed by atoms with Gasteiger partial charge in [-0.15, -0.1) is 0 Å². The van der Waals surface area contributed by atoms with Crippen LogP contribution in [0.3, 0.4) is 0 Å². The Morgan fingerprint density at radius 1 is 1.52 bits per heavy atom. The Morgan fingerprint density at radius 2 is 2.24 bits per heavy atom. The molecule has 11 heteroatoms. The van der Waals surface area contributed by atoms with Gasteiger partial charge in [-0.1, -0.05) is 18.2 Å². The number of sulfonamides is 1. The van der Waals surface area contributed by atoms with Gasteiger partial charge in [0, 0.05) is 25.6 Å². The van der Waals surface area contributed by atoms with Crippen molar-refractivity contribution in [3.63, 3.8) is 0 Å². The van der Waals surface area contributed by atoms with E-state index in [1.165, 1.54) is 7.11 Å². The van der Waals surface area contributed by atoms with Gasteiger partial charge in [-0.2, -0.15) is 0 Å². The second kappa shape index (κ2) is 8.15. The third kappa shape index (κ3) is 5.41. The number of carbonyl (C=O) groups is 1. The van der Waals surface area contributed by atoms with Crippen molar-refractivity contribution in [1.82, 2.24) is 10.0 Å². The summed E-state index contributed by atoms with van der Waals surface area (Å²) in [7, 11) is -3.32. The van der Waals surface area contributed by atoms with Crippen molar-refractivity contribution < 1.29 is 32.7 Å². The SMILES string of the molecule is COC(O)c1cccc2c1OB(O)[C@@H](NC(=O)CCNS(C)(=O)=O)C2. The fourth-order valence-electron chi connectivity index (χ4n) is 2.52. The van der Waals surface area contributed by atoms with Gasteiger partial charge in [-0.3, -0.25) is 4.79 Å². The highest BCUT2D eigenvalue weighted by molar-refractivity contribution is 7.88. The van der Waals surface area contributed by atoms with E-state index in [0.717, 1.165) is 6.26 Å². The monoisotopic (exact) mass is 372 g/mol. The fraction of sp³-hybridized carbons (Fsp3) is 0.500. The van der Waals surface area contributed by atoms with Crippen LogP contribution < -0.4 is 14.7 Å². The Morgan fingerprint density at radius 3 is 2.88 bits per heavy atom. The van der Waals surface area contributed by atoms with Gasteiger partial charge in [-0.05, 0) is 12.0 Å². The number of methoxy groups -OCH3 is 1. The molecule has 1 aliphatic heterocycles. The van der Waals surface area contributed by atoms with E-state index in [1.54, 1.807) is 18.2 Å². The molecule has 9 nitrogen and oxygen atoms in total. The average molecular weight is 372 g/mol. The largest absolute Gasteiger partial charge is 0.547 e. The van der Waals surface area contributed by atoms with Crippen LogP contribution in [0.4, 0.5) is 0 Å². The number of nitrogens with one attached hydrogen (secondary N) is 2. The molecule has 1 heterocycles. The van der Waals surface area contributed by atoms with Gasteiger partial charge in [0.2, 0.25) is 15.9 Å². The first-order valence-electron chi connectivity index (χ1n) is 7.62. The summed E-state index contributed by atoms with van der Waals surface area (Å²) >= 11 is 0. The summed E-state index contributed by atoms with van der Waals surface area (Å²) in [5, 5.41) is 22.6. The first-order chi connectivity index (χ1) is 11.7. The standard InChI is InChI=1S/C14H21BN2O7S/c1-23-14(19)10-5-3-4-9-8-11(15(20)24-13(9)10)17-12(18)6-7-16-25(2,21)22/h3-5,11,14,16,19-20H,6-8H2,1-2H3,(H,17,18)/t11-,14?/m0/s1. The van der Waals surface area contributed by atoms with Crippen LogP contribution in [0.1, 0.15) is 23.8 Å². The molecule has 1 aliphatic rings. The molecule has 0 bridgehead atoms. The molecule has 1 aromatic rings. The summed E-state index contributed by atoms with van der Waals surface area (Å²) in [5.74, 6) is -0.776. The molecule has 1 amide bonds. The molecule has 0 radical (unpaired) electrons. The van der Waals surface area contributed by atoms with Gasteiger partial charge in [0.25, 0.3) is 0 Å². The van der Waals surface area contributed by atoms with E-state index in [1.807, 2.05) is 0 Å². The Balaban J connectivity index is 2.01. The van der Waals surface area contributed by atoms with Gasteiger partial charge >= 0.3 is 7.12 Å². The zero-order valence-corrected chi connectivity index (χ0v) is 14.7. The molecule has 0 spiro atoms. The lowest BCUT2D eigenvalue weighted by Gasteiger charge is -2.30. The molecular formula is C14H21BN2O7S. The summed E-state index contributed by atoms with van der Waals surface area (Å²) in [4.78, 5) is 11.9. The van der Waals surface area contributed by atoms with Crippen LogP contribution in [-0.4, -0.2) is 57.4 Å². The van der Waals surface area contributed by atoms with Crippen molar-refractivity contribution in [1.29, 1.82) is 0 Å². The van der Waals surface area contributed by atoms with Crippen LogP contribution in [-0.2, 0) is 26.0 Å². The number of carbonyl (C=O) groups excluding carboxylic acids is 1. The molecule has 25 heavy (non-hydrogen) atoms. The maximum Gasteiger partial charge on any atom is 0.547 e. The minimum atomic E-state index is -3.36. The summed E-state index contributed by atoms with van der Waals surface area (Å²) in [5.41, 5.74) is 1.10. The number of aliphatic hydroxyl groups is 1. The molecule has 0 saturated heterocycles. The van der Waals surface area contributed by atoms with Crippen LogP contribution in [0.2, 0.25) is 0 Å². The number of aliphatic hydroxyl groups excluding tert-OH is 1. The molecule has 4 N–H and O–H groups in total. The summed E-state index contributed by atoms with van der Waals surface area (Å²) < 4.78 is 34.5. The molecular weight excluding hydrogens is 351 g/mol. The van der Waals surface area contributed by atoms with E-state index in [0.29, 0.717) is 23.3 Å². The van der Waals surface area contributed by atoms with Crippen LogP contribution in [0, 0.1) is 0 Å². The minimum Gasteiger partial charge on any atom is -0.534 e. The van der Waals surface area contributed by atoms with Crippen LogP contribution in [0.5, 0.6) is 5.75 Å². The highest BCUT2D eigenvalue weighted by Crippen LogP contribution is 2.33. The maximum atomic E-state index is 11.9. The highest BCUT2D eigenvalue weighted by Gasteiger charge is 2.37. The predicted octanol–water partition coefficient (Wildman–Crippen LogP) is -1.30. The average Bonchev–Trinajstić information content (AvgIpc) is 2.53. The lowest BCUT2D eigenvalue weighted by Crippen LogP contribution is -2.53. The Hall–Kier alpha value is -1.66. The van der Waals surface area contributed by atoms with E-state index in [4.69, 9.17) is 9.39 Å². The number of benzene rings is 1. The van der Waals surface area contributed by atoms with E-state index in [2.05, 4.69) is 10.0 Å². The van der Waals surface area contributed by atoms with E-state index in [9.17, 15) is 23.3 Å². The lowest BCUT2D eigenvalue weighted by atomic mass is 9.72. The van der Waals surface area contributed by atoms with Gasteiger partial charge < -0.3 is 24.8 Å². The topological polar surface area (TPSA) is 134 Å². The van der Waals surface area contributed by atoms with Crippen molar-refractivity contribution >= 4 is 23.0 Å². The second-order valence-electron chi connectivity index (χ2n) is 5.73. The van der Waals surface area contributed by atoms with Crippen molar-refractivity contribution in [3.05, 3.63) is 29.3 Å². The predicted molar refractivity (Wildman–Crippen MR) is 90.1 cm³/mol. The van der Waals surface area contributed by atoms with Crippen LogP contribution in [0.25, 0.3) is 0 Å². The third-order valence-electron chi connectivity index (χ3n) is 3.70. The molecule has 0 aliphatic carbocycles. The van der Waals surface area contributed by atoms with Gasteiger partial charge in [0.1, 0.15) is 5.75 Å². The number of fused-ring (bicyclic) bond motifs is 1. The van der Waals surface area contributed by atoms with Crippen LogP contribution >= 0.6 is 0 Å². The number of hydrogen-bond acceptors (Lipinski definition) is 7. The van der Waals surface area contributed by atoms with Crippen molar-refractivity contribution in [3.8, 4) is 5.75 Å². The molecule has 1 aromatic carbocycles. The van der Waals surface area contributed by atoms with Crippen LogP contribution in [0.15, 0.2) is 18.2 Å². The molecule has 0 fully saturated rings. The highest BCUT2D eigenvalue weighted by atomic mass is 32.2. The van der Waals surface area contributed by atoms with E-state index >= 15 is 0 Å². The third-order valence-corrected chi connectivity index (χ3v) is 4.43.